The number of rotatable bonds is 6. The Morgan fingerprint density at radius 3 is 2.67 bits per heavy atom. The number of benzene rings is 1. The lowest BCUT2D eigenvalue weighted by molar-refractivity contribution is 0.293. The molecule has 0 heterocycles. The van der Waals surface area contributed by atoms with E-state index in [2.05, 4.69) is 12.7 Å². The van der Waals surface area contributed by atoms with Crippen molar-refractivity contribution in [3.63, 3.8) is 0 Å². The summed E-state index contributed by atoms with van der Waals surface area (Å²) in [4.78, 5) is 0. The minimum atomic E-state index is -0.331. The number of hydrogen-bond donors (Lipinski definition) is 1. The second kappa shape index (κ2) is 7.42. The highest BCUT2D eigenvalue weighted by Crippen LogP contribution is 2.47. The van der Waals surface area contributed by atoms with Crippen molar-refractivity contribution in [1.82, 2.24) is 0 Å². The molecule has 24 heavy (non-hydrogen) atoms. The van der Waals surface area contributed by atoms with E-state index < -0.39 is 0 Å². The van der Waals surface area contributed by atoms with Crippen molar-refractivity contribution in [3.05, 3.63) is 53.6 Å². The van der Waals surface area contributed by atoms with Crippen LogP contribution in [0.3, 0.4) is 0 Å². The fourth-order valence-electron chi connectivity index (χ4n) is 4.11. The van der Waals surface area contributed by atoms with Crippen molar-refractivity contribution in [2.45, 2.75) is 57.8 Å². The van der Waals surface area contributed by atoms with Gasteiger partial charge in [0.05, 0.1) is 5.76 Å². The van der Waals surface area contributed by atoms with Crippen LogP contribution in [-0.2, 0) is 6.42 Å². The normalized spacial score (nSPS) is 19.3. The molecule has 2 aliphatic carbocycles. The van der Waals surface area contributed by atoms with E-state index in [-0.39, 0.29) is 11.6 Å². The molecule has 0 saturated heterocycles. The summed E-state index contributed by atoms with van der Waals surface area (Å²) in [7, 11) is 0. The lowest BCUT2D eigenvalue weighted by Crippen LogP contribution is -2.19. The molecule has 0 radical (unpaired) electrons. The number of aryl methyl sites for hydroxylation is 1. The summed E-state index contributed by atoms with van der Waals surface area (Å²) in [6.45, 7) is 3.94. The Hall–Kier alpha value is -1.77. The molecule has 130 valence electrons. The van der Waals surface area contributed by atoms with Crippen LogP contribution in [0.4, 0.5) is 4.39 Å². The fraction of sp³-hybridized carbons (Fsp3) is 0.524. The molecular weight excluding hydrogens is 303 g/mol. The second-order valence-corrected chi connectivity index (χ2v) is 7.35. The van der Waals surface area contributed by atoms with Crippen LogP contribution in [-0.4, -0.2) is 11.7 Å². The molecule has 1 fully saturated rings. The molecule has 1 aromatic carbocycles. The molecule has 2 aliphatic rings. The Morgan fingerprint density at radius 2 is 1.96 bits per heavy atom. The molecule has 0 atom stereocenters. The summed E-state index contributed by atoms with van der Waals surface area (Å²) in [5.74, 6) is 0.109. The molecule has 0 aliphatic heterocycles. The molecule has 1 spiro atoms. The zero-order valence-corrected chi connectivity index (χ0v) is 14.3. The highest BCUT2D eigenvalue weighted by atomic mass is 19.1. The molecule has 3 heteroatoms. The third-order valence-electron chi connectivity index (χ3n) is 5.39. The van der Waals surface area contributed by atoms with Crippen LogP contribution in [0.2, 0.25) is 0 Å². The van der Waals surface area contributed by atoms with Gasteiger partial charge in [0.25, 0.3) is 0 Å². The monoisotopic (exact) mass is 330 g/mol. The molecule has 3 rings (SSSR count). The van der Waals surface area contributed by atoms with E-state index in [1.165, 1.54) is 50.2 Å². The number of allylic oxidation sites excluding steroid dienone is 2. The van der Waals surface area contributed by atoms with Gasteiger partial charge >= 0.3 is 0 Å². The van der Waals surface area contributed by atoms with Crippen LogP contribution in [0.15, 0.2) is 42.2 Å². The van der Waals surface area contributed by atoms with E-state index in [4.69, 9.17) is 9.84 Å². The number of aliphatic hydroxyl groups excluding tert-OH is 1. The molecule has 0 amide bonds. The Kier molecular flexibility index (Phi) is 5.27. The Morgan fingerprint density at radius 1 is 1.21 bits per heavy atom. The van der Waals surface area contributed by atoms with Gasteiger partial charge in [-0.25, -0.2) is 4.39 Å². The quantitative estimate of drug-likeness (QED) is 0.521. The zero-order chi connectivity index (χ0) is 17.0. The van der Waals surface area contributed by atoms with Gasteiger partial charge in [0.2, 0.25) is 0 Å². The van der Waals surface area contributed by atoms with Gasteiger partial charge < -0.3 is 9.84 Å². The average molecular weight is 330 g/mol. The summed E-state index contributed by atoms with van der Waals surface area (Å²) in [6.07, 6.45) is 12.3. The third kappa shape index (κ3) is 4.19. The van der Waals surface area contributed by atoms with Crippen molar-refractivity contribution in [2.75, 3.05) is 6.61 Å². The number of aliphatic hydroxyl groups is 1. The van der Waals surface area contributed by atoms with Crippen LogP contribution in [0.5, 0.6) is 5.75 Å². The molecular formula is C21H27FO2. The van der Waals surface area contributed by atoms with Crippen molar-refractivity contribution in [2.24, 2.45) is 5.41 Å². The summed E-state index contributed by atoms with van der Waals surface area (Å²) >= 11 is 0. The van der Waals surface area contributed by atoms with Gasteiger partial charge in [0.1, 0.15) is 6.61 Å². The minimum Gasteiger partial charge on any atom is -0.513 e. The maximum absolute atomic E-state index is 14.2. The molecule has 0 aromatic heterocycles. The van der Waals surface area contributed by atoms with E-state index in [0.29, 0.717) is 30.6 Å². The molecule has 0 unspecified atom stereocenters. The predicted molar refractivity (Wildman–Crippen MR) is 94.8 cm³/mol. The minimum absolute atomic E-state index is 0.126. The third-order valence-corrected chi connectivity index (χ3v) is 5.39. The standard InChI is InChI=1S/C21H27FO2/c1-16(23)6-7-17-8-9-20(19(22)13-17)24-15-18-5-4-12-21(14-18)10-2-3-11-21/h8-9,13-14,23H,1-7,10-12,15H2. The molecule has 2 nitrogen and oxygen atoms in total. The maximum Gasteiger partial charge on any atom is 0.165 e. The average Bonchev–Trinajstić information content (AvgIpc) is 2.99. The van der Waals surface area contributed by atoms with E-state index >= 15 is 0 Å². The lowest BCUT2D eigenvalue weighted by atomic mass is 9.75. The van der Waals surface area contributed by atoms with Gasteiger partial charge in [-0.15, -0.1) is 0 Å². The van der Waals surface area contributed by atoms with E-state index in [1.54, 1.807) is 6.07 Å². The highest BCUT2D eigenvalue weighted by molar-refractivity contribution is 5.30. The van der Waals surface area contributed by atoms with Crippen LogP contribution < -0.4 is 4.74 Å². The van der Waals surface area contributed by atoms with Crippen LogP contribution >= 0.6 is 0 Å². The summed E-state index contributed by atoms with van der Waals surface area (Å²) in [6, 6.07) is 5.04. The highest BCUT2D eigenvalue weighted by Gasteiger charge is 2.33. The summed E-state index contributed by atoms with van der Waals surface area (Å²) in [5.41, 5.74) is 2.58. The smallest absolute Gasteiger partial charge is 0.165 e. The zero-order valence-electron chi connectivity index (χ0n) is 14.3. The van der Waals surface area contributed by atoms with Gasteiger partial charge in [-0.1, -0.05) is 31.6 Å². The van der Waals surface area contributed by atoms with Gasteiger partial charge in [0.15, 0.2) is 11.6 Å². The van der Waals surface area contributed by atoms with Crippen molar-refractivity contribution < 1.29 is 14.2 Å². The maximum atomic E-state index is 14.2. The largest absolute Gasteiger partial charge is 0.513 e. The number of ether oxygens (including phenoxy) is 1. The first-order valence-electron chi connectivity index (χ1n) is 9.05. The Balaban J connectivity index is 1.60. The van der Waals surface area contributed by atoms with E-state index in [1.807, 2.05) is 6.07 Å². The summed E-state index contributed by atoms with van der Waals surface area (Å²) in [5, 5.41) is 9.13. The van der Waals surface area contributed by atoms with Gasteiger partial charge in [-0.3, -0.25) is 0 Å². The van der Waals surface area contributed by atoms with Gasteiger partial charge in [0, 0.05) is 6.42 Å². The van der Waals surface area contributed by atoms with Gasteiger partial charge in [-0.2, -0.15) is 0 Å². The topological polar surface area (TPSA) is 29.5 Å². The first kappa shape index (κ1) is 17.1. The van der Waals surface area contributed by atoms with E-state index in [0.717, 1.165) is 12.0 Å². The summed E-state index contributed by atoms with van der Waals surface area (Å²) < 4.78 is 19.9. The number of halogens is 1. The Bertz CT molecular complexity index is 627. The SMILES string of the molecule is C=C(O)CCc1ccc(OCC2=CC3(CCCC3)CCC2)c(F)c1. The molecule has 0 bridgehead atoms. The van der Waals surface area contributed by atoms with Crippen LogP contribution in [0.1, 0.15) is 56.9 Å². The predicted octanol–water partition coefficient (Wildman–Crippen LogP) is 5.88. The fourth-order valence-corrected chi connectivity index (χ4v) is 4.11. The molecule has 1 N–H and O–H groups in total. The van der Waals surface area contributed by atoms with E-state index in [9.17, 15) is 4.39 Å². The number of hydrogen-bond acceptors (Lipinski definition) is 2. The second-order valence-electron chi connectivity index (χ2n) is 7.35. The molecule has 1 saturated carbocycles. The van der Waals surface area contributed by atoms with Crippen molar-refractivity contribution in [1.29, 1.82) is 0 Å². The van der Waals surface area contributed by atoms with Crippen LogP contribution in [0, 0.1) is 11.2 Å². The first-order chi connectivity index (χ1) is 11.6. The van der Waals surface area contributed by atoms with Crippen molar-refractivity contribution >= 4 is 0 Å². The van der Waals surface area contributed by atoms with Crippen molar-refractivity contribution in [3.8, 4) is 5.75 Å². The molecule has 1 aromatic rings. The first-order valence-corrected chi connectivity index (χ1v) is 9.05. The Labute approximate surface area is 144 Å². The van der Waals surface area contributed by atoms with Crippen LogP contribution in [0.25, 0.3) is 0 Å². The van der Waals surface area contributed by atoms with Gasteiger partial charge in [-0.05, 0) is 67.2 Å². The lowest BCUT2D eigenvalue weighted by Gasteiger charge is -2.31.